The first-order valence-corrected chi connectivity index (χ1v) is 9.65. The fourth-order valence-electron chi connectivity index (χ4n) is 4.22. The van der Waals surface area contributed by atoms with Crippen molar-refractivity contribution >= 4 is 22.6 Å². The average molecular weight is 358 g/mol. The minimum atomic E-state index is -3.35. The number of nitrogens with zero attached hydrogens (tertiary/aromatic N) is 1. The maximum Gasteiger partial charge on any atom is 0.279 e. The van der Waals surface area contributed by atoms with Crippen LogP contribution in [0.2, 0.25) is 0 Å². The lowest BCUT2D eigenvalue weighted by atomic mass is 9.95. The predicted molar refractivity (Wildman–Crippen MR) is 92.9 cm³/mol. The molecule has 5 nitrogen and oxygen atoms in total. The minimum absolute atomic E-state index is 0. The number of benzene rings is 1. The van der Waals surface area contributed by atoms with Crippen LogP contribution in [0, 0.1) is 5.92 Å². The second kappa shape index (κ2) is 6.69. The second-order valence-electron chi connectivity index (χ2n) is 6.71. The van der Waals surface area contributed by atoms with Crippen LogP contribution in [0.15, 0.2) is 24.3 Å². The van der Waals surface area contributed by atoms with Gasteiger partial charge in [-0.15, -0.1) is 12.4 Å². The number of rotatable bonds is 4. The van der Waals surface area contributed by atoms with E-state index in [-0.39, 0.29) is 24.5 Å². The average Bonchev–Trinajstić information content (AvgIpc) is 3.16. The van der Waals surface area contributed by atoms with Gasteiger partial charge in [0, 0.05) is 25.2 Å². The lowest BCUT2D eigenvalue weighted by Gasteiger charge is -2.30. The van der Waals surface area contributed by atoms with E-state index in [2.05, 4.69) is 22.2 Å². The lowest BCUT2D eigenvalue weighted by Crippen LogP contribution is -2.47. The first-order valence-electron chi connectivity index (χ1n) is 8.21. The quantitative estimate of drug-likeness (QED) is 0.860. The van der Waals surface area contributed by atoms with Gasteiger partial charge in [0.25, 0.3) is 10.2 Å². The van der Waals surface area contributed by atoms with Crippen LogP contribution >= 0.6 is 12.4 Å². The van der Waals surface area contributed by atoms with Crippen molar-refractivity contribution < 1.29 is 8.42 Å². The first-order chi connectivity index (χ1) is 10.6. The highest BCUT2D eigenvalue weighted by Crippen LogP contribution is 2.38. The van der Waals surface area contributed by atoms with E-state index in [1.54, 1.807) is 4.31 Å². The molecule has 0 spiro atoms. The van der Waals surface area contributed by atoms with E-state index in [0.29, 0.717) is 19.0 Å². The summed E-state index contributed by atoms with van der Waals surface area (Å²) in [6.45, 7) is 2.03. The first kappa shape index (κ1) is 17.2. The van der Waals surface area contributed by atoms with Crippen LogP contribution < -0.4 is 10.0 Å². The predicted octanol–water partition coefficient (Wildman–Crippen LogP) is 1.61. The van der Waals surface area contributed by atoms with Gasteiger partial charge in [-0.3, -0.25) is 0 Å². The molecule has 0 radical (unpaired) electrons. The molecule has 1 aromatic carbocycles. The van der Waals surface area contributed by atoms with Crippen LogP contribution in [0.1, 0.15) is 36.4 Å². The summed E-state index contributed by atoms with van der Waals surface area (Å²) in [5, 5.41) is 3.43. The third-order valence-electron chi connectivity index (χ3n) is 5.35. The van der Waals surface area contributed by atoms with Gasteiger partial charge in [-0.25, -0.2) is 4.72 Å². The molecule has 7 heteroatoms. The number of hydrogen-bond donors (Lipinski definition) is 2. The molecule has 1 saturated heterocycles. The zero-order valence-corrected chi connectivity index (χ0v) is 14.7. The van der Waals surface area contributed by atoms with Gasteiger partial charge in [0.2, 0.25) is 0 Å². The molecular weight excluding hydrogens is 334 g/mol. The maximum absolute atomic E-state index is 12.6. The van der Waals surface area contributed by atoms with Gasteiger partial charge in [0.15, 0.2) is 0 Å². The Bertz CT molecular complexity index is 667. The molecule has 4 rings (SSSR count). The molecule has 2 heterocycles. The summed E-state index contributed by atoms with van der Waals surface area (Å²) in [6.07, 6.45) is 4.27. The summed E-state index contributed by atoms with van der Waals surface area (Å²) < 4.78 is 29.7. The van der Waals surface area contributed by atoms with Crippen LogP contribution in [0.5, 0.6) is 0 Å². The van der Waals surface area contributed by atoms with Gasteiger partial charge < -0.3 is 5.32 Å². The smallest absolute Gasteiger partial charge is 0.279 e. The van der Waals surface area contributed by atoms with Gasteiger partial charge in [-0.1, -0.05) is 24.3 Å². The van der Waals surface area contributed by atoms with Crippen LogP contribution in [-0.4, -0.2) is 38.4 Å². The van der Waals surface area contributed by atoms with E-state index in [4.69, 9.17) is 0 Å². The van der Waals surface area contributed by atoms with Crippen molar-refractivity contribution in [3.63, 3.8) is 0 Å². The zero-order chi connectivity index (χ0) is 15.2. The van der Waals surface area contributed by atoms with Crippen molar-refractivity contribution in [1.82, 2.24) is 14.3 Å². The molecule has 2 fully saturated rings. The van der Waals surface area contributed by atoms with Crippen LogP contribution in [-0.2, 0) is 16.6 Å². The highest BCUT2D eigenvalue weighted by atomic mass is 35.5. The third kappa shape index (κ3) is 3.28. The van der Waals surface area contributed by atoms with Gasteiger partial charge in [0.05, 0.1) is 0 Å². The molecule has 0 aromatic heterocycles. The number of fused-ring (bicyclic) bond motifs is 3. The van der Waals surface area contributed by atoms with Gasteiger partial charge >= 0.3 is 0 Å². The zero-order valence-electron chi connectivity index (χ0n) is 13.1. The Hall–Kier alpha value is -0.660. The summed E-state index contributed by atoms with van der Waals surface area (Å²) in [5.41, 5.74) is 2.55. The molecule has 23 heavy (non-hydrogen) atoms. The highest BCUT2D eigenvalue weighted by molar-refractivity contribution is 7.87. The Morgan fingerprint density at radius 3 is 2.83 bits per heavy atom. The molecule has 1 aromatic rings. The van der Waals surface area contributed by atoms with E-state index in [1.165, 1.54) is 17.5 Å². The van der Waals surface area contributed by atoms with E-state index >= 15 is 0 Å². The lowest BCUT2D eigenvalue weighted by molar-refractivity contribution is 0.327. The van der Waals surface area contributed by atoms with E-state index in [1.807, 2.05) is 12.1 Å². The molecular formula is C16H24ClN3O2S. The Balaban J connectivity index is 0.00000156. The molecule has 3 unspecified atom stereocenters. The summed E-state index contributed by atoms with van der Waals surface area (Å²) in [4.78, 5) is 0. The SMILES string of the molecule is Cl.O=S(=O)(NCC1NCCc2ccccc21)N1CC2CCC1C2. The number of piperidine rings is 1. The van der Waals surface area contributed by atoms with Gasteiger partial charge in [0.1, 0.15) is 0 Å². The fraction of sp³-hybridized carbons (Fsp3) is 0.625. The van der Waals surface area contributed by atoms with Gasteiger partial charge in [-0.05, 0) is 49.3 Å². The third-order valence-corrected chi connectivity index (χ3v) is 6.95. The largest absolute Gasteiger partial charge is 0.308 e. The molecule has 3 atom stereocenters. The van der Waals surface area contributed by atoms with Crippen molar-refractivity contribution in [1.29, 1.82) is 0 Å². The molecule has 128 valence electrons. The van der Waals surface area contributed by atoms with E-state index < -0.39 is 10.2 Å². The van der Waals surface area contributed by atoms with Crippen LogP contribution in [0.4, 0.5) is 0 Å². The summed E-state index contributed by atoms with van der Waals surface area (Å²) in [7, 11) is -3.35. The van der Waals surface area contributed by atoms with Crippen LogP contribution in [0.25, 0.3) is 0 Å². The molecule has 1 saturated carbocycles. The fourth-order valence-corrected chi connectivity index (χ4v) is 5.75. The number of halogens is 1. The molecule has 2 N–H and O–H groups in total. The standard InChI is InChI=1S/C16H23N3O2S.ClH/c20-22(21,19-11-12-5-6-14(19)9-12)18-10-16-15-4-2-1-3-13(15)7-8-17-16;/h1-4,12,14,16-18H,5-11H2;1H. The normalized spacial score (nSPS) is 30.0. The van der Waals surface area contributed by atoms with Crippen molar-refractivity contribution in [3.05, 3.63) is 35.4 Å². The van der Waals surface area contributed by atoms with Crippen molar-refractivity contribution in [2.45, 2.75) is 37.8 Å². The van der Waals surface area contributed by atoms with E-state index in [0.717, 1.165) is 25.8 Å². The van der Waals surface area contributed by atoms with Crippen LogP contribution in [0.3, 0.4) is 0 Å². The van der Waals surface area contributed by atoms with Crippen molar-refractivity contribution in [2.75, 3.05) is 19.6 Å². The number of nitrogens with one attached hydrogen (secondary N) is 2. The summed E-state index contributed by atoms with van der Waals surface area (Å²) in [5.74, 6) is 0.579. The van der Waals surface area contributed by atoms with E-state index in [9.17, 15) is 8.42 Å². The molecule has 2 aliphatic heterocycles. The molecule has 0 amide bonds. The number of hydrogen-bond acceptors (Lipinski definition) is 3. The Morgan fingerprint density at radius 2 is 2.09 bits per heavy atom. The second-order valence-corrected chi connectivity index (χ2v) is 8.42. The minimum Gasteiger partial charge on any atom is -0.308 e. The van der Waals surface area contributed by atoms with Crippen molar-refractivity contribution in [3.8, 4) is 0 Å². The van der Waals surface area contributed by atoms with Crippen molar-refractivity contribution in [2.24, 2.45) is 5.92 Å². The monoisotopic (exact) mass is 357 g/mol. The Morgan fingerprint density at radius 1 is 1.26 bits per heavy atom. The molecule has 3 aliphatic rings. The molecule has 1 aliphatic carbocycles. The molecule has 2 bridgehead atoms. The summed E-state index contributed by atoms with van der Waals surface area (Å²) in [6, 6.07) is 8.60. The van der Waals surface area contributed by atoms with Gasteiger partial charge in [-0.2, -0.15) is 12.7 Å². The summed E-state index contributed by atoms with van der Waals surface area (Å²) >= 11 is 0. The maximum atomic E-state index is 12.6. The topological polar surface area (TPSA) is 61.4 Å². The highest BCUT2D eigenvalue weighted by Gasteiger charge is 2.43. The Labute approximate surface area is 144 Å². The Kier molecular flexibility index (Phi) is 4.99.